The van der Waals surface area contributed by atoms with Gasteiger partial charge in [-0.3, -0.25) is 14.4 Å². The van der Waals surface area contributed by atoms with E-state index in [1.807, 2.05) is 13.8 Å². The first-order valence-corrected chi connectivity index (χ1v) is 14.0. The number of unbranched alkanes of at least 4 members (excludes halogenated alkanes) is 1. The van der Waals surface area contributed by atoms with E-state index in [9.17, 15) is 27.9 Å². The SMILES string of the molecule is CC1(C)C2CCC1(CS(=O)(=O)N[C@@H](Cc1ccc(OCCCCC(=O)N=C(N)N)cc1)C(=O)O)C(=O)C2. The summed E-state index contributed by atoms with van der Waals surface area (Å²) >= 11 is 0. The molecule has 3 rings (SSSR count). The molecule has 0 saturated heterocycles. The zero-order valence-corrected chi connectivity index (χ0v) is 22.1. The average molecular weight is 537 g/mol. The molecular formula is C25H36N4O7S. The number of nitrogens with two attached hydrogens (primary N) is 2. The van der Waals surface area contributed by atoms with Gasteiger partial charge >= 0.3 is 5.97 Å². The maximum absolute atomic E-state index is 13.0. The summed E-state index contributed by atoms with van der Waals surface area (Å²) in [6.45, 7) is 4.24. The zero-order chi connectivity index (χ0) is 27.4. The van der Waals surface area contributed by atoms with Crippen molar-refractivity contribution in [1.82, 2.24) is 4.72 Å². The van der Waals surface area contributed by atoms with Crippen molar-refractivity contribution in [3.8, 4) is 5.75 Å². The van der Waals surface area contributed by atoms with Crippen LogP contribution in [0.25, 0.3) is 0 Å². The van der Waals surface area contributed by atoms with Crippen molar-refractivity contribution >= 4 is 33.6 Å². The maximum atomic E-state index is 13.0. The molecule has 2 unspecified atom stereocenters. The van der Waals surface area contributed by atoms with Crippen LogP contribution >= 0.6 is 0 Å². The monoisotopic (exact) mass is 536 g/mol. The lowest BCUT2D eigenvalue weighted by Crippen LogP contribution is -2.49. The van der Waals surface area contributed by atoms with Crippen molar-refractivity contribution in [2.75, 3.05) is 12.4 Å². The molecule has 0 aliphatic heterocycles. The van der Waals surface area contributed by atoms with Crippen LogP contribution in [-0.4, -0.2) is 55.5 Å². The summed E-state index contributed by atoms with van der Waals surface area (Å²) in [4.78, 5) is 39.5. The highest BCUT2D eigenvalue weighted by molar-refractivity contribution is 7.89. The summed E-state index contributed by atoms with van der Waals surface area (Å²) < 4.78 is 34.0. The first kappa shape index (κ1) is 28.6. The van der Waals surface area contributed by atoms with Gasteiger partial charge < -0.3 is 21.3 Å². The number of guanidine groups is 1. The zero-order valence-electron chi connectivity index (χ0n) is 21.2. The minimum absolute atomic E-state index is 0.0399. The number of carboxylic acid groups (broad SMARTS) is 1. The second-order valence-corrected chi connectivity index (χ2v) is 12.3. The molecule has 204 valence electrons. The molecule has 3 atom stereocenters. The summed E-state index contributed by atoms with van der Waals surface area (Å²) in [5.74, 6) is -1.66. The Bertz CT molecular complexity index is 1160. The van der Waals surface area contributed by atoms with Crippen LogP contribution in [-0.2, 0) is 30.8 Å². The van der Waals surface area contributed by atoms with E-state index in [-0.39, 0.29) is 30.5 Å². The van der Waals surface area contributed by atoms with Gasteiger partial charge in [-0.25, -0.2) is 13.1 Å². The summed E-state index contributed by atoms with van der Waals surface area (Å²) in [6, 6.07) is 5.32. The average Bonchev–Trinajstić information content (AvgIpc) is 3.13. The van der Waals surface area contributed by atoms with Gasteiger partial charge in [0.15, 0.2) is 5.96 Å². The number of ether oxygens (including phenoxy) is 1. The Balaban J connectivity index is 1.53. The van der Waals surface area contributed by atoms with E-state index in [0.717, 1.165) is 6.42 Å². The molecule has 2 bridgehead atoms. The van der Waals surface area contributed by atoms with Gasteiger partial charge in [0.2, 0.25) is 15.9 Å². The van der Waals surface area contributed by atoms with E-state index in [1.54, 1.807) is 24.3 Å². The number of aliphatic carboxylic acids is 1. The predicted molar refractivity (Wildman–Crippen MR) is 137 cm³/mol. The van der Waals surface area contributed by atoms with E-state index in [4.69, 9.17) is 16.2 Å². The van der Waals surface area contributed by atoms with Crippen LogP contribution in [0.5, 0.6) is 5.75 Å². The first-order valence-electron chi connectivity index (χ1n) is 12.4. The molecule has 2 saturated carbocycles. The predicted octanol–water partition coefficient (Wildman–Crippen LogP) is 1.35. The number of amides is 1. The quantitative estimate of drug-likeness (QED) is 0.164. The number of ketones is 1. The molecule has 0 heterocycles. The molecule has 0 spiro atoms. The Morgan fingerprint density at radius 3 is 2.43 bits per heavy atom. The van der Waals surface area contributed by atoms with Gasteiger partial charge in [-0.05, 0) is 61.1 Å². The Morgan fingerprint density at radius 1 is 1.22 bits per heavy atom. The highest BCUT2D eigenvalue weighted by Crippen LogP contribution is 2.64. The molecule has 2 fully saturated rings. The number of aliphatic imine (C=N–C) groups is 1. The number of nitrogens with one attached hydrogen (secondary N) is 1. The number of Topliss-reactive ketones (excluding diaryl/α,β-unsaturated/α-hetero) is 1. The Kier molecular flexibility index (Phi) is 8.63. The fourth-order valence-electron chi connectivity index (χ4n) is 5.60. The highest BCUT2D eigenvalue weighted by Gasteiger charge is 2.65. The number of carboxylic acids is 1. The van der Waals surface area contributed by atoms with Crippen molar-refractivity contribution in [2.45, 2.75) is 64.8 Å². The van der Waals surface area contributed by atoms with Gasteiger partial charge in [-0.15, -0.1) is 0 Å². The van der Waals surface area contributed by atoms with Gasteiger partial charge in [0.1, 0.15) is 17.6 Å². The Morgan fingerprint density at radius 2 is 1.89 bits per heavy atom. The Hall–Kier alpha value is -2.99. The van der Waals surface area contributed by atoms with E-state index in [0.29, 0.717) is 43.6 Å². The normalized spacial score (nSPS) is 23.0. The van der Waals surface area contributed by atoms with Crippen molar-refractivity contribution in [2.24, 2.45) is 33.2 Å². The topological polar surface area (TPSA) is 191 Å². The largest absolute Gasteiger partial charge is 0.494 e. The van der Waals surface area contributed by atoms with E-state index >= 15 is 0 Å². The number of benzene rings is 1. The number of hydrogen-bond donors (Lipinski definition) is 4. The van der Waals surface area contributed by atoms with Crippen LogP contribution in [0.2, 0.25) is 0 Å². The van der Waals surface area contributed by atoms with Crippen LogP contribution in [0.15, 0.2) is 29.3 Å². The molecule has 0 aromatic heterocycles. The third-order valence-electron chi connectivity index (χ3n) is 7.87. The summed E-state index contributed by atoms with van der Waals surface area (Å²) in [5.41, 5.74) is 9.51. The highest BCUT2D eigenvalue weighted by atomic mass is 32.2. The Labute approximate surface area is 217 Å². The van der Waals surface area contributed by atoms with Crippen LogP contribution in [0, 0.1) is 16.7 Å². The second kappa shape index (κ2) is 11.2. The molecule has 1 amide bonds. The number of nitrogens with zero attached hydrogens (tertiary/aromatic N) is 1. The molecule has 6 N–H and O–H groups in total. The van der Waals surface area contributed by atoms with E-state index < -0.39 is 44.5 Å². The molecule has 2 aliphatic carbocycles. The molecule has 1 aromatic carbocycles. The maximum Gasteiger partial charge on any atom is 0.322 e. The number of sulfonamides is 1. The summed E-state index contributed by atoms with van der Waals surface area (Å²) in [5, 5.41) is 9.69. The van der Waals surface area contributed by atoms with Crippen molar-refractivity contribution in [3.05, 3.63) is 29.8 Å². The molecule has 37 heavy (non-hydrogen) atoms. The van der Waals surface area contributed by atoms with Gasteiger partial charge in [0.05, 0.1) is 12.4 Å². The van der Waals surface area contributed by atoms with Crippen LogP contribution in [0.3, 0.4) is 0 Å². The minimum atomic E-state index is -4.04. The molecule has 0 radical (unpaired) electrons. The fourth-order valence-corrected chi connectivity index (χ4v) is 7.62. The first-order chi connectivity index (χ1) is 17.3. The third kappa shape index (κ3) is 6.67. The molecular weight excluding hydrogens is 500 g/mol. The number of carbonyl (C=O) groups is 3. The smallest absolute Gasteiger partial charge is 0.322 e. The lowest BCUT2D eigenvalue weighted by atomic mass is 9.70. The van der Waals surface area contributed by atoms with E-state index in [1.165, 1.54) is 0 Å². The third-order valence-corrected chi connectivity index (χ3v) is 9.38. The van der Waals surface area contributed by atoms with Crippen LogP contribution < -0.4 is 20.9 Å². The molecule has 11 nitrogen and oxygen atoms in total. The lowest BCUT2D eigenvalue weighted by Gasteiger charge is -2.36. The fraction of sp³-hybridized carbons (Fsp3) is 0.600. The van der Waals surface area contributed by atoms with Crippen molar-refractivity contribution in [3.63, 3.8) is 0 Å². The lowest BCUT2D eigenvalue weighted by molar-refractivity contribution is -0.139. The van der Waals surface area contributed by atoms with Gasteiger partial charge in [-0.1, -0.05) is 26.0 Å². The molecule has 2 aliphatic rings. The molecule has 1 aromatic rings. The van der Waals surface area contributed by atoms with E-state index in [2.05, 4.69) is 9.71 Å². The van der Waals surface area contributed by atoms with Crippen LogP contribution in [0.1, 0.15) is 57.9 Å². The number of fused-ring (bicyclic) bond motifs is 2. The second-order valence-electron chi connectivity index (χ2n) is 10.5. The summed E-state index contributed by atoms with van der Waals surface area (Å²) in [6.07, 6.45) is 3.01. The van der Waals surface area contributed by atoms with Crippen molar-refractivity contribution in [1.29, 1.82) is 0 Å². The number of carbonyl (C=O) groups excluding carboxylic acids is 2. The standard InChI is InChI=1S/C25H36N4O7S/c1-24(2)17-10-11-25(24,20(30)14-17)15-37(34,35)29-19(22(32)33)13-16-6-8-18(9-7-16)36-12-4-3-5-21(31)28-23(26)27/h6-9,17,19,29H,3-5,10-15H2,1-2H3,(H,32,33)(H4,26,27,28,31)/t17?,19-,25?/m0/s1. The minimum Gasteiger partial charge on any atom is -0.494 e. The van der Waals surface area contributed by atoms with Crippen LogP contribution in [0.4, 0.5) is 0 Å². The van der Waals surface area contributed by atoms with Crippen molar-refractivity contribution < 1.29 is 32.6 Å². The molecule has 12 heteroatoms. The summed E-state index contributed by atoms with van der Waals surface area (Å²) in [7, 11) is -4.04. The van der Waals surface area contributed by atoms with Gasteiger partial charge in [0.25, 0.3) is 0 Å². The number of hydrogen-bond acceptors (Lipinski definition) is 6. The van der Waals surface area contributed by atoms with Gasteiger partial charge in [-0.2, -0.15) is 4.99 Å². The number of rotatable bonds is 13. The van der Waals surface area contributed by atoms with Gasteiger partial charge in [0, 0.05) is 18.3 Å².